The number of furan rings is 1. The topological polar surface area (TPSA) is 77.2 Å². The Bertz CT molecular complexity index is 825. The summed E-state index contributed by atoms with van der Waals surface area (Å²) in [7, 11) is 0. The number of esters is 1. The molecule has 3 aromatic heterocycles. The third-order valence-electron chi connectivity index (χ3n) is 3.27. The van der Waals surface area contributed by atoms with E-state index in [1.165, 1.54) is 17.7 Å². The molecule has 0 atom stereocenters. The first-order valence-corrected chi connectivity index (χ1v) is 8.09. The summed E-state index contributed by atoms with van der Waals surface area (Å²) in [6.45, 7) is 6.06. The Morgan fingerprint density at radius 3 is 2.96 bits per heavy atom. The molecule has 120 valence electrons. The van der Waals surface area contributed by atoms with Crippen molar-refractivity contribution in [1.82, 2.24) is 9.97 Å². The maximum Gasteiger partial charge on any atom is 0.348 e. The van der Waals surface area contributed by atoms with Gasteiger partial charge in [0, 0.05) is 0 Å². The summed E-state index contributed by atoms with van der Waals surface area (Å²) in [6.07, 6.45) is 2.96. The van der Waals surface area contributed by atoms with Gasteiger partial charge < -0.3 is 14.5 Å². The van der Waals surface area contributed by atoms with Crippen molar-refractivity contribution in [2.45, 2.75) is 33.4 Å². The van der Waals surface area contributed by atoms with Crippen molar-refractivity contribution >= 4 is 33.3 Å². The molecule has 0 bridgehead atoms. The number of fused-ring (bicyclic) bond motifs is 1. The van der Waals surface area contributed by atoms with E-state index in [1.807, 2.05) is 32.9 Å². The number of nitrogens with zero attached hydrogens (tertiary/aromatic N) is 2. The lowest BCUT2D eigenvalue weighted by Crippen LogP contribution is -2.11. The molecule has 0 aliphatic carbocycles. The number of carbonyl (C=O) groups is 1. The van der Waals surface area contributed by atoms with Crippen molar-refractivity contribution in [2.75, 3.05) is 5.32 Å². The SMILES string of the molecule is Cc1c(C(=O)OC(C)C)sc2ncnc(NCc3ccco3)c12. The highest BCUT2D eigenvalue weighted by molar-refractivity contribution is 7.20. The van der Waals surface area contributed by atoms with Crippen LogP contribution in [0.15, 0.2) is 29.1 Å². The third-order valence-corrected chi connectivity index (χ3v) is 4.44. The van der Waals surface area contributed by atoms with Crippen molar-refractivity contribution in [3.63, 3.8) is 0 Å². The molecule has 0 aliphatic rings. The second-order valence-corrected chi connectivity index (χ2v) is 6.34. The Kier molecular flexibility index (Phi) is 4.29. The highest BCUT2D eigenvalue weighted by atomic mass is 32.1. The van der Waals surface area contributed by atoms with E-state index in [0.29, 0.717) is 17.2 Å². The van der Waals surface area contributed by atoms with Crippen LogP contribution in [0.4, 0.5) is 5.82 Å². The molecule has 23 heavy (non-hydrogen) atoms. The molecule has 1 N–H and O–H groups in total. The van der Waals surface area contributed by atoms with Crippen molar-refractivity contribution in [3.05, 3.63) is 40.9 Å². The Hall–Kier alpha value is -2.41. The fraction of sp³-hybridized carbons (Fsp3) is 0.312. The Morgan fingerprint density at radius 1 is 1.43 bits per heavy atom. The molecule has 0 fully saturated rings. The van der Waals surface area contributed by atoms with Crippen LogP contribution in [0.3, 0.4) is 0 Å². The Balaban J connectivity index is 1.93. The first kappa shape index (κ1) is 15.5. The van der Waals surface area contributed by atoms with Gasteiger partial charge in [0.1, 0.15) is 27.6 Å². The Labute approximate surface area is 137 Å². The molecule has 3 rings (SSSR count). The van der Waals surface area contributed by atoms with Gasteiger partial charge in [-0.05, 0) is 38.5 Å². The van der Waals surface area contributed by atoms with E-state index in [4.69, 9.17) is 9.15 Å². The summed E-state index contributed by atoms with van der Waals surface area (Å²) >= 11 is 1.32. The van der Waals surface area contributed by atoms with Gasteiger partial charge in [0.15, 0.2) is 0 Å². The van der Waals surface area contributed by atoms with Crippen LogP contribution >= 0.6 is 11.3 Å². The molecule has 0 saturated heterocycles. The number of carbonyl (C=O) groups excluding carboxylic acids is 1. The average Bonchev–Trinajstić information content (AvgIpc) is 3.13. The van der Waals surface area contributed by atoms with Crippen LogP contribution in [0, 0.1) is 6.92 Å². The van der Waals surface area contributed by atoms with Crippen molar-refractivity contribution in [3.8, 4) is 0 Å². The molecule has 6 nitrogen and oxygen atoms in total. The van der Waals surface area contributed by atoms with Crippen LogP contribution in [0.2, 0.25) is 0 Å². The van der Waals surface area contributed by atoms with E-state index < -0.39 is 0 Å². The van der Waals surface area contributed by atoms with Gasteiger partial charge in [-0.25, -0.2) is 14.8 Å². The first-order chi connectivity index (χ1) is 11.1. The van der Waals surface area contributed by atoms with Crippen LogP contribution in [0.1, 0.15) is 34.8 Å². The molecule has 0 aromatic carbocycles. The predicted molar refractivity (Wildman–Crippen MR) is 88.7 cm³/mol. The average molecular weight is 331 g/mol. The quantitative estimate of drug-likeness (QED) is 0.717. The molecule has 0 radical (unpaired) electrons. The highest BCUT2D eigenvalue weighted by Crippen LogP contribution is 2.34. The lowest BCUT2D eigenvalue weighted by atomic mass is 10.2. The summed E-state index contributed by atoms with van der Waals surface area (Å²) in [5.74, 6) is 1.17. The first-order valence-electron chi connectivity index (χ1n) is 7.27. The number of aryl methyl sites for hydroxylation is 1. The van der Waals surface area contributed by atoms with Gasteiger partial charge in [-0.15, -0.1) is 11.3 Å². The molecule has 0 amide bonds. The largest absolute Gasteiger partial charge is 0.467 e. The smallest absolute Gasteiger partial charge is 0.348 e. The van der Waals surface area contributed by atoms with Crippen LogP contribution in [0.25, 0.3) is 10.2 Å². The van der Waals surface area contributed by atoms with Gasteiger partial charge in [-0.2, -0.15) is 0 Å². The number of anilines is 1. The number of ether oxygens (including phenoxy) is 1. The molecule has 3 heterocycles. The van der Waals surface area contributed by atoms with Crippen LogP contribution in [-0.4, -0.2) is 22.0 Å². The monoisotopic (exact) mass is 331 g/mol. The third kappa shape index (κ3) is 3.19. The molecule has 0 aliphatic heterocycles. The number of hydrogen-bond donors (Lipinski definition) is 1. The van der Waals surface area contributed by atoms with Gasteiger partial charge >= 0.3 is 5.97 Å². The normalized spacial score (nSPS) is 11.1. The number of rotatable bonds is 5. The standard InChI is InChI=1S/C16H17N3O3S/c1-9(2)22-16(20)13-10(3)12-14(18-8-19-15(12)23-13)17-7-11-5-4-6-21-11/h4-6,8-9H,7H2,1-3H3,(H,17,18,19). The fourth-order valence-electron chi connectivity index (χ4n) is 2.25. The molecule has 0 spiro atoms. The minimum Gasteiger partial charge on any atom is -0.467 e. The lowest BCUT2D eigenvalue weighted by molar-refractivity contribution is 0.0383. The van der Waals surface area contributed by atoms with Gasteiger partial charge in [0.25, 0.3) is 0 Å². The van der Waals surface area contributed by atoms with Crippen molar-refractivity contribution in [2.24, 2.45) is 0 Å². The Morgan fingerprint density at radius 2 is 2.26 bits per heavy atom. The van der Waals surface area contributed by atoms with E-state index in [2.05, 4.69) is 15.3 Å². The number of hydrogen-bond acceptors (Lipinski definition) is 7. The molecule has 7 heteroatoms. The highest BCUT2D eigenvalue weighted by Gasteiger charge is 2.21. The van der Waals surface area contributed by atoms with E-state index in [-0.39, 0.29) is 12.1 Å². The van der Waals surface area contributed by atoms with Crippen molar-refractivity contribution < 1.29 is 13.9 Å². The number of nitrogens with one attached hydrogen (secondary N) is 1. The zero-order chi connectivity index (χ0) is 16.4. The minimum absolute atomic E-state index is 0.158. The summed E-state index contributed by atoms with van der Waals surface area (Å²) in [5, 5.41) is 4.08. The van der Waals surface area contributed by atoms with E-state index >= 15 is 0 Å². The summed E-state index contributed by atoms with van der Waals surface area (Å²) in [6, 6.07) is 3.72. The van der Waals surface area contributed by atoms with E-state index in [1.54, 1.807) is 6.26 Å². The second kappa shape index (κ2) is 6.37. The van der Waals surface area contributed by atoms with Gasteiger partial charge in [0.05, 0.1) is 24.3 Å². The van der Waals surface area contributed by atoms with E-state index in [0.717, 1.165) is 21.5 Å². The maximum absolute atomic E-state index is 12.2. The van der Waals surface area contributed by atoms with Gasteiger partial charge in [0.2, 0.25) is 0 Å². The van der Waals surface area contributed by atoms with Crippen LogP contribution in [0.5, 0.6) is 0 Å². The van der Waals surface area contributed by atoms with E-state index in [9.17, 15) is 4.79 Å². The zero-order valence-electron chi connectivity index (χ0n) is 13.1. The minimum atomic E-state index is -0.322. The molecule has 0 saturated carbocycles. The van der Waals surface area contributed by atoms with Crippen LogP contribution < -0.4 is 5.32 Å². The summed E-state index contributed by atoms with van der Waals surface area (Å²) < 4.78 is 10.6. The summed E-state index contributed by atoms with van der Waals surface area (Å²) in [5.41, 5.74) is 0.832. The predicted octanol–water partition coefficient (Wildman–Crippen LogP) is 3.77. The zero-order valence-corrected chi connectivity index (χ0v) is 13.9. The van der Waals surface area contributed by atoms with Gasteiger partial charge in [-0.3, -0.25) is 0 Å². The maximum atomic E-state index is 12.2. The lowest BCUT2D eigenvalue weighted by Gasteiger charge is -2.07. The summed E-state index contributed by atoms with van der Waals surface area (Å²) in [4.78, 5) is 22.1. The van der Waals surface area contributed by atoms with Gasteiger partial charge in [-0.1, -0.05) is 0 Å². The number of thiophene rings is 1. The molecule has 0 unspecified atom stereocenters. The molecule has 3 aromatic rings. The number of aromatic nitrogens is 2. The van der Waals surface area contributed by atoms with Crippen LogP contribution in [-0.2, 0) is 11.3 Å². The molecular formula is C16H17N3O3S. The molecular weight excluding hydrogens is 314 g/mol. The fourth-order valence-corrected chi connectivity index (χ4v) is 3.28. The van der Waals surface area contributed by atoms with Crippen molar-refractivity contribution in [1.29, 1.82) is 0 Å². The second-order valence-electron chi connectivity index (χ2n) is 5.35.